The number of aromatic hydroxyl groups is 1. The summed E-state index contributed by atoms with van der Waals surface area (Å²) in [5, 5.41) is 19.0. The second kappa shape index (κ2) is 14.4. The van der Waals surface area contributed by atoms with Gasteiger partial charge < -0.3 is 24.5 Å². The van der Waals surface area contributed by atoms with Gasteiger partial charge in [0.1, 0.15) is 19.2 Å². The van der Waals surface area contributed by atoms with Crippen LogP contribution in [0.4, 0.5) is 4.39 Å². The lowest BCUT2D eigenvalue weighted by Crippen LogP contribution is -2.24. The van der Waals surface area contributed by atoms with E-state index < -0.39 is 22.0 Å². The Morgan fingerprint density at radius 3 is 2.34 bits per heavy atom. The van der Waals surface area contributed by atoms with Crippen molar-refractivity contribution in [1.29, 1.82) is 0 Å². The van der Waals surface area contributed by atoms with E-state index in [-0.39, 0.29) is 24.3 Å². The van der Waals surface area contributed by atoms with Gasteiger partial charge in [-0.05, 0) is 72.3 Å². The molecule has 9 nitrogen and oxygen atoms in total. The number of halogens is 1. The molecule has 12 heteroatoms. The van der Waals surface area contributed by atoms with Crippen molar-refractivity contribution < 1.29 is 23.8 Å². The molecule has 47 heavy (non-hydrogen) atoms. The van der Waals surface area contributed by atoms with Crippen LogP contribution in [0.3, 0.4) is 0 Å². The number of rotatable bonds is 16. The molecule has 0 saturated heterocycles. The van der Waals surface area contributed by atoms with Crippen LogP contribution in [0.2, 0.25) is 51.4 Å². The molecule has 254 valence electrons. The number of phenolic OH excluding ortho intramolecular Hbond substituents is 1. The highest BCUT2D eigenvalue weighted by atomic mass is 28.3. The molecule has 2 aromatic heterocycles. The zero-order chi connectivity index (χ0) is 33.9. The van der Waals surface area contributed by atoms with Crippen molar-refractivity contribution >= 4 is 33.0 Å². The van der Waals surface area contributed by atoms with E-state index in [0.717, 1.165) is 58.2 Å². The fourth-order valence-corrected chi connectivity index (χ4v) is 6.87. The number of phenols is 1. The van der Waals surface area contributed by atoms with Crippen molar-refractivity contribution in [3.8, 4) is 28.4 Å². The molecule has 0 atom stereocenters. The van der Waals surface area contributed by atoms with E-state index in [1.807, 2.05) is 40.6 Å². The summed E-state index contributed by atoms with van der Waals surface area (Å²) >= 11 is 0. The third-order valence-corrected chi connectivity index (χ3v) is 11.9. The number of ether oxygens (including phenoxy) is 2. The minimum Gasteiger partial charge on any atom is -0.505 e. The van der Waals surface area contributed by atoms with Crippen molar-refractivity contribution in [3.63, 3.8) is 0 Å². The predicted octanol–water partition coefficient (Wildman–Crippen LogP) is 7.62. The molecule has 4 aromatic rings. The Morgan fingerprint density at radius 2 is 1.70 bits per heavy atom. The molecule has 2 heterocycles. The minimum atomic E-state index is -1.29. The Kier molecular flexibility index (Phi) is 10.7. The quantitative estimate of drug-likeness (QED) is 0.0933. The zero-order valence-electron chi connectivity index (χ0n) is 29.0. The van der Waals surface area contributed by atoms with Crippen molar-refractivity contribution in [1.82, 2.24) is 24.6 Å². The molecule has 1 fully saturated rings. The maximum absolute atomic E-state index is 14.6. The summed E-state index contributed by atoms with van der Waals surface area (Å²) in [6, 6.07) is 10.9. The molecule has 1 amide bonds. The van der Waals surface area contributed by atoms with E-state index in [4.69, 9.17) is 19.6 Å². The van der Waals surface area contributed by atoms with Gasteiger partial charge in [0.15, 0.2) is 17.4 Å². The largest absolute Gasteiger partial charge is 0.505 e. The number of fused-ring (bicyclic) bond motifs is 1. The standard InChI is InChI=1S/C35H50FN5O4Si2/c1-8-24-18-32(42)30(36)19-29(24)26-11-12-28-31(17-26)41(23-45-14-16-47(5,6)7)39-33(28)34-38-27(20-37-35(43)25-9-10-25)21-40(34)22-44-13-15-46(2,3)4/h11-12,17-19,21,25,42H,8-10,13-16,20,22-23H2,1-7H3,(H,37,43). The van der Waals surface area contributed by atoms with Crippen molar-refractivity contribution in [2.24, 2.45) is 5.92 Å². The first-order valence-electron chi connectivity index (χ1n) is 16.7. The average molecular weight is 680 g/mol. The molecule has 0 bridgehead atoms. The highest BCUT2D eigenvalue weighted by Crippen LogP contribution is 2.35. The normalized spacial score (nSPS) is 13.9. The first-order chi connectivity index (χ1) is 22.2. The molecule has 5 rings (SSSR count). The summed E-state index contributed by atoms with van der Waals surface area (Å²) in [7, 11) is -2.56. The van der Waals surface area contributed by atoms with Crippen LogP contribution >= 0.6 is 0 Å². The number of carbonyl (C=O) groups is 1. The number of amides is 1. The lowest BCUT2D eigenvalue weighted by atomic mass is 9.96. The Balaban J connectivity index is 1.54. The van der Waals surface area contributed by atoms with Crippen LogP contribution < -0.4 is 5.32 Å². The van der Waals surface area contributed by atoms with Crippen LogP contribution in [-0.2, 0) is 40.7 Å². The Labute approximate surface area is 279 Å². The number of hydrogen-bond donors (Lipinski definition) is 2. The van der Waals surface area contributed by atoms with Gasteiger partial charge in [0.05, 0.1) is 17.8 Å². The summed E-state index contributed by atoms with van der Waals surface area (Å²) in [4.78, 5) is 17.4. The first kappa shape index (κ1) is 35.0. The summed E-state index contributed by atoms with van der Waals surface area (Å²) < 4.78 is 30.7. The maximum Gasteiger partial charge on any atom is 0.223 e. The van der Waals surface area contributed by atoms with Crippen molar-refractivity contribution in [3.05, 3.63) is 53.6 Å². The summed E-state index contributed by atoms with van der Waals surface area (Å²) in [6.07, 6.45) is 4.46. The van der Waals surface area contributed by atoms with E-state index in [9.17, 15) is 14.3 Å². The molecule has 1 saturated carbocycles. The fourth-order valence-electron chi connectivity index (χ4n) is 5.35. The van der Waals surface area contributed by atoms with Crippen LogP contribution in [0.15, 0.2) is 36.5 Å². The number of hydrogen-bond acceptors (Lipinski definition) is 6. The number of imidazole rings is 1. The van der Waals surface area contributed by atoms with E-state index in [2.05, 4.69) is 44.6 Å². The smallest absolute Gasteiger partial charge is 0.223 e. The Morgan fingerprint density at radius 1 is 1.02 bits per heavy atom. The highest BCUT2D eigenvalue weighted by molar-refractivity contribution is 6.76. The van der Waals surface area contributed by atoms with Crippen LogP contribution in [0, 0.1) is 11.7 Å². The number of aromatic nitrogens is 4. The van der Waals surface area contributed by atoms with E-state index >= 15 is 0 Å². The lowest BCUT2D eigenvalue weighted by Gasteiger charge is -2.16. The van der Waals surface area contributed by atoms with Gasteiger partial charge in [0.25, 0.3) is 0 Å². The van der Waals surface area contributed by atoms with E-state index in [1.165, 1.54) is 12.1 Å². The zero-order valence-corrected chi connectivity index (χ0v) is 31.0. The second-order valence-electron chi connectivity index (χ2n) is 15.1. The average Bonchev–Trinajstić information content (AvgIpc) is 3.69. The van der Waals surface area contributed by atoms with Gasteiger partial charge in [-0.3, -0.25) is 4.79 Å². The van der Waals surface area contributed by atoms with E-state index in [0.29, 0.717) is 44.4 Å². The number of nitrogens with zero attached hydrogens (tertiary/aromatic N) is 4. The lowest BCUT2D eigenvalue weighted by molar-refractivity contribution is -0.122. The molecule has 0 aliphatic heterocycles. The number of aryl methyl sites for hydroxylation is 1. The molecule has 1 aliphatic carbocycles. The van der Waals surface area contributed by atoms with Crippen molar-refractivity contribution in [2.45, 2.75) is 97.6 Å². The molecule has 0 radical (unpaired) electrons. The fraction of sp³-hybridized carbons (Fsp3) is 0.514. The monoisotopic (exact) mass is 679 g/mol. The Bertz CT molecular complexity index is 1720. The van der Waals surface area contributed by atoms with Gasteiger partial charge in [-0.2, -0.15) is 5.10 Å². The predicted molar refractivity (Wildman–Crippen MR) is 190 cm³/mol. The molecule has 1 aliphatic rings. The molecule has 0 unspecified atom stereocenters. The number of carbonyl (C=O) groups excluding carboxylic acids is 1. The summed E-state index contributed by atoms with van der Waals surface area (Å²) in [6.45, 7) is 18.1. The van der Waals surface area contributed by atoms with Gasteiger partial charge in [-0.1, -0.05) is 52.3 Å². The highest BCUT2D eigenvalue weighted by Gasteiger charge is 2.29. The minimum absolute atomic E-state index is 0.0716. The number of nitrogens with one attached hydrogen (secondary N) is 1. The van der Waals surface area contributed by atoms with Crippen LogP contribution in [0.25, 0.3) is 33.5 Å². The maximum atomic E-state index is 14.6. The van der Waals surface area contributed by atoms with Gasteiger partial charge in [-0.25, -0.2) is 14.1 Å². The van der Waals surface area contributed by atoms with E-state index in [1.54, 1.807) is 0 Å². The SMILES string of the molecule is CCc1cc(O)c(F)cc1-c1ccc2c(-c3nc(CNC(=O)C4CC4)cn3COCC[Si](C)(C)C)nn(COCC[Si](C)(C)C)c2c1. The molecule has 0 spiro atoms. The third kappa shape index (κ3) is 9.18. The van der Waals surface area contributed by atoms with Gasteiger partial charge in [0, 0.05) is 46.9 Å². The van der Waals surface area contributed by atoms with Crippen LogP contribution in [0.1, 0.15) is 31.0 Å². The van der Waals surface area contributed by atoms with Gasteiger partial charge in [0.2, 0.25) is 5.91 Å². The summed E-state index contributed by atoms with van der Waals surface area (Å²) in [5.74, 6) is -0.164. The summed E-state index contributed by atoms with van der Waals surface area (Å²) in [5.41, 5.74) is 4.65. The van der Waals surface area contributed by atoms with Crippen LogP contribution in [-0.4, -0.2) is 59.7 Å². The first-order valence-corrected chi connectivity index (χ1v) is 24.2. The molecule has 2 N–H and O–H groups in total. The third-order valence-electron chi connectivity index (χ3n) is 8.48. The number of benzene rings is 2. The topological polar surface area (TPSA) is 103 Å². The van der Waals surface area contributed by atoms with Crippen LogP contribution in [0.5, 0.6) is 5.75 Å². The molecular formula is C35H50FN5O4Si2. The molecule has 2 aromatic carbocycles. The van der Waals surface area contributed by atoms with Crippen molar-refractivity contribution in [2.75, 3.05) is 13.2 Å². The van der Waals surface area contributed by atoms with Gasteiger partial charge in [-0.15, -0.1) is 0 Å². The second-order valence-corrected chi connectivity index (χ2v) is 26.4. The molecular weight excluding hydrogens is 630 g/mol. The van der Waals surface area contributed by atoms with Gasteiger partial charge >= 0.3 is 0 Å². The Hall–Kier alpha value is -3.33.